The van der Waals surface area contributed by atoms with Gasteiger partial charge in [-0.2, -0.15) is 5.10 Å². The SMILES string of the molecule is CCOc1ccccc1OCC(=O)N/N=C/C=C/c1ccccc1Cl. The standard InChI is InChI=1S/C19H19ClN2O3/c1-2-24-17-11-5-6-12-18(17)25-14-19(23)22-21-13-7-9-15-8-3-4-10-16(15)20/h3-13H,2,14H2,1H3,(H,22,23)/b9-7+,21-13+. The van der Waals surface area contributed by atoms with Crippen LogP contribution in [0.15, 0.2) is 59.7 Å². The number of halogens is 1. The number of nitrogens with one attached hydrogen (secondary N) is 1. The van der Waals surface area contributed by atoms with E-state index in [-0.39, 0.29) is 12.5 Å². The molecule has 0 saturated carbocycles. The van der Waals surface area contributed by atoms with Crippen molar-refractivity contribution in [3.63, 3.8) is 0 Å². The second kappa shape index (κ2) is 10.2. The van der Waals surface area contributed by atoms with Crippen molar-refractivity contribution in [3.8, 4) is 11.5 Å². The van der Waals surface area contributed by atoms with E-state index in [1.54, 1.807) is 30.4 Å². The second-order valence-electron chi connectivity index (χ2n) is 4.86. The number of nitrogens with zero attached hydrogens (tertiary/aromatic N) is 1. The molecule has 2 aromatic rings. The van der Waals surface area contributed by atoms with E-state index in [0.29, 0.717) is 23.1 Å². The first kappa shape index (κ1) is 18.5. The quantitative estimate of drug-likeness (QED) is 0.574. The van der Waals surface area contributed by atoms with E-state index in [9.17, 15) is 4.79 Å². The van der Waals surface area contributed by atoms with Crippen LogP contribution in [0.3, 0.4) is 0 Å². The minimum absolute atomic E-state index is 0.157. The minimum atomic E-state index is -0.367. The van der Waals surface area contributed by atoms with Gasteiger partial charge in [0, 0.05) is 11.2 Å². The van der Waals surface area contributed by atoms with E-state index in [1.807, 2.05) is 37.3 Å². The van der Waals surface area contributed by atoms with E-state index in [2.05, 4.69) is 10.5 Å². The molecule has 0 aliphatic heterocycles. The van der Waals surface area contributed by atoms with Crippen molar-refractivity contribution in [1.82, 2.24) is 5.43 Å². The van der Waals surface area contributed by atoms with Crippen LogP contribution in [0.2, 0.25) is 5.02 Å². The molecule has 6 heteroatoms. The highest BCUT2D eigenvalue weighted by molar-refractivity contribution is 6.32. The topological polar surface area (TPSA) is 59.9 Å². The molecule has 0 unspecified atom stereocenters. The predicted molar refractivity (Wildman–Crippen MR) is 100 cm³/mol. The van der Waals surface area contributed by atoms with Gasteiger partial charge < -0.3 is 9.47 Å². The van der Waals surface area contributed by atoms with Gasteiger partial charge in [0.1, 0.15) is 0 Å². The molecule has 0 aliphatic rings. The van der Waals surface area contributed by atoms with Crippen LogP contribution in [0.25, 0.3) is 6.08 Å². The summed E-state index contributed by atoms with van der Waals surface area (Å²) in [6.45, 7) is 2.25. The van der Waals surface area contributed by atoms with Crippen molar-refractivity contribution in [2.75, 3.05) is 13.2 Å². The van der Waals surface area contributed by atoms with Gasteiger partial charge in [-0.1, -0.05) is 48.0 Å². The van der Waals surface area contributed by atoms with E-state index in [1.165, 1.54) is 6.21 Å². The summed E-state index contributed by atoms with van der Waals surface area (Å²) in [6, 6.07) is 14.6. The van der Waals surface area contributed by atoms with Crippen molar-refractivity contribution in [2.24, 2.45) is 5.10 Å². The highest BCUT2D eigenvalue weighted by Gasteiger charge is 2.06. The zero-order valence-corrected chi connectivity index (χ0v) is 14.6. The molecular formula is C19H19ClN2O3. The molecule has 1 N–H and O–H groups in total. The normalized spacial score (nSPS) is 11.0. The summed E-state index contributed by atoms with van der Waals surface area (Å²) in [7, 11) is 0. The van der Waals surface area contributed by atoms with Gasteiger partial charge >= 0.3 is 0 Å². The Labute approximate surface area is 151 Å². The third kappa shape index (κ3) is 6.31. The third-order valence-electron chi connectivity index (χ3n) is 3.04. The predicted octanol–water partition coefficient (Wildman–Crippen LogP) is 3.93. The summed E-state index contributed by atoms with van der Waals surface area (Å²) in [5.41, 5.74) is 3.26. The number of carbonyl (C=O) groups is 1. The zero-order valence-electron chi connectivity index (χ0n) is 13.8. The van der Waals surface area contributed by atoms with Crippen LogP contribution >= 0.6 is 11.6 Å². The van der Waals surface area contributed by atoms with Gasteiger partial charge in [0.2, 0.25) is 0 Å². The van der Waals surface area contributed by atoms with Crippen molar-refractivity contribution >= 4 is 29.8 Å². The van der Waals surface area contributed by atoms with Crippen LogP contribution in [0.1, 0.15) is 12.5 Å². The van der Waals surface area contributed by atoms with Gasteiger partial charge in [0.15, 0.2) is 18.1 Å². The molecular weight excluding hydrogens is 340 g/mol. The molecule has 0 bridgehead atoms. The monoisotopic (exact) mass is 358 g/mol. The molecule has 0 spiro atoms. The molecule has 5 nitrogen and oxygen atoms in total. The van der Waals surface area contributed by atoms with E-state index >= 15 is 0 Å². The molecule has 0 atom stereocenters. The molecule has 0 aliphatic carbocycles. The van der Waals surface area contributed by atoms with Crippen LogP contribution in [0.5, 0.6) is 11.5 Å². The number of allylic oxidation sites excluding steroid dienone is 1. The molecule has 0 aromatic heterocycles. The van der Waals surface area contributed by atoms with Crippen LogP contribution in [-0.2, 0) is 4.79 Å². The third-order valence-corrected chi connectivity index (χ3v) is 3.38. The summed E-state index contributed by atoms with van der Waals surface area (Å²) in [6.07, 6.45) is 4.95. The summed E-state index contributed by atoms with van der Waals surface area (Å²) in [4.78, 5) is 11.7. The fraction of sp³-hybridized carbons (Fsp3) is 0.158. The maximum absolute atomic E-state index is 11.7. The van der Waals surface area contributed by atoms with Gasteiger partial charge in [-0.15, -0.1) is 0 Å². The Morgan fingerprint density at radius 1 is 1.12 bits per heavy atom. The number of hydrogen-bond acceptors (Lipinski definition) is 4. The number of para-hydroxylation sites is 2. The number of carbonyl (C=O) groups excluding carboxylic acids is 1. The average molecular weight is 359 g/mol. The smallest absolute Gasteiger partial charge is 0.277 e. The molecule has 1 amide bonds. The first-order valence-electron chi connectivity index (χ1n) is 7.78. The lowest BCUT2D eigenvalue weighted by molar-refractivity contribution is -0.123. The lowest BCUT2D eigenvalue weighted by Crippen LogP contribution is -2.24. The Morgan fingerprint density at radius 3 is 2.52 bits per heavy atom. The van der Waals surface area contributed by atoms with E-state index in [4.69, 9.17) is 21.1 Å². The molecule has 0 saturated heterocycles. The fourth-order valence-corrected chi connectivity index (χ4v) is 2.13. The summed E-state index contributed by atoms with van der Waals surface area (Å²) in [5.74, 6) is 0.750. The van der Waals surface area contributed by atoms with Crippen LogP contribution in [-0.4, -0.2) is 25.3 Å². The highest BCUT2D eigenvalue weighted by atomic mass is 35.5. The Morgan fingerprint density at radius 2 is 1.80 bits per heavy atom. The molecule has 0 radical (unpaired) electrons. The van der Waals surface area contributed by atoms with Crippen molar-refractivity contribution in [1.29, 1.82) is 0 Å². The Balaban J connectivity index is 1.78. The van der Waals surface area contributed by atoms with Gasteiger partial charge in [-0.25, -0.2) is 5.43 Å². The highest BCUT2D eigenvalue weighted by Crippen LogP contribution is 2.26. The summed E-state index contributed by atoms with van der Waals surface area (Å²) in [5, 5.41) is 4.47. The van der Waals surface area contributed by atoms with Gasteiger partial charge in [-0.05, 0) is 36.8 Å². The Hall–Kier alpha value is -2.79. The molecule has 130 valence electrons. The number of rotatable bonds is 8. The van der Waals surface area contributed by atoms with Gasteiger partial charge in [0.05, 0.1) is 6.61 Å². The van der Waals surface area contributed by atoms with Crippen LogP contribution in [0, 0.1) is 0 Å². The average Bonchev–Trinajstić information content (AvgIpc) is 2.62. The van der Waals surface area contributed by atoms with Crippen LogP contribution < -0.4 is 14.9 Å². The van der Waals surface area contributed by atoms with E-state index < -0.39 is 0 Å². The Bertz CT molecular complexity index is 760. The lowest BCUT2D eigenvalue weighted by atomic mass is 10.2. The molecule has 25 heavy (non-hydrogen) atoms. The first-order chi connectivity index (χ1) is 12.2. The van der Waals surface area contributed by atoms with Crippen molar-refractivity contribution < 1.29 is 14.3 Å². The number of benzene rings is 2. The number of hydrazone groups is 1. The number of ether oxygens (including phenoxy) is 2. The zero-order chi connectivity index (χ0) is 17.9. The largest absolute Gasteiger partial charge is 0.490 e. The molecule has 0 fully saturated rings. The summed E-state index contributed by atoms with van der Waals surface area (Å²) >= 11 is 6.03. The Kier molecular flexibility index (Phi) is 7.53. The van der Waals surface area contributed by atoms with Gasteiger partial charge in [-0.3, -0.25) is 4.79 Å². The molecule has 2 rings (SSSR count). The fourth-order valence-electron chi connectivity index (χ4n) is 1.93. The number of hydrogen-bond donors (Lipinski definition) is 1. The maximum Gasteiger partial charge on any atom is 0.277 e. The first-order valence-corrected chi connectivity index (χ1v) is 8.16. The lowest BCUT2D eigenvalue weighted by Gasteiger charge is -2.10. The van der Waals surface area contributed by atoms with Crippen LogP contribution in [0.4, 0.5) is 0 Å². The minimum Gasteiger partial charge on any atom is -0.490 e. The van der Waals surface area contributed by atoms with Crippen molar-refractivity contribution in [2.45, 2.75) is 6.92 Å². The van der Waals surface area contributed by atoms with Crippen molar-refractivity contribution in [3.05, 3.63) is 65.2 Å². The van der Waals surface area contributed by atoms with E-state index in [0.717, 1.165) is 5.56 Å². The molecule has 2 aromatic carbocycles. The second-order valence-corrected chi connectivity index (χ2v) is 5.27. The summed E-state index contributed by atoms with van der Waals surface area (Å²) < 4.78 is 10.9. The molecule has 0 heterocycles. The maximum atomic E-state index is 11.7. The van der Waals surface area contributed by atoms with Gasteiger partial charge in [0.25, 0.3) is 5.91 Å². The number of amides is 1.